The molecule has 5 heteroatoms. The second-order valence-corrected chi connectivity index (χ2v) is 2.17. The number of aromatic amines is 2. The van der Waals surface area contributed by atoms with E-state index in [1.807, 2.05) is 0 Å². The first-order valence-electron chi connectivity index (χ1n) is 3.48. The van der Waals surface area contributed by atoms with Crippen molar-refractivity contribution >= 4 is 6.29 Å². The van der Waals surface area contributed by atoms with Crippen LogP contribution in [0.3, 0.4) is 0 Å². The van der Waals surface area contributed by atoms with Crippen LogP contribution >= 0.6 is 0 Å². The number of aldehydes is 1. The minimum atomic E-state index is -0.474. The number of carbonyl (C=O) groups is 1. The van der Waals surface area contributed by atoms with Gasteiger partial charge in [0.2, 0.25) is 0 Å². The average Bonchev–Trinajstić information content (AvgIpc) is 2.11. The van der Waals surface area contributed by atoms with Gasteiger partial charge in [-0.15, -0.1) is 0 Å². The van der Waals surface area contributed by atoms with Crippen LogP contribution in [-0.2, 0) is 4.79 Å². The average molecular weight is 178 g/mol. The highest BCUT2D eigenvalue weighted by Gasteiger charge is 1.94. The van der Waals surface area contributed by atoms with Gasteiger partial charge in [0.15, 0.2) is 0 Å². The topological polar surface area (TPSA) is 82.8 Å². The molecule has 0 aromatic carbocycles. The van der Waals surface area contributed by atoms with E-state index in [1.54, 1.807) is 0 Å². The summed E-state index contributed by atoms with van der Waals surface area (Å²) in [6.45, 7) is 0. The Bertz CT molecular complexity index is 472. The lowest BCUT2D eigenvalue weighted by atomic mass is 10.3. The Hall–Kier alpha value is -2.09. The van der Waals surface area contributed by atoms with Crippen molar-refractivity contribution in [2.75, 3.05) is 0 Å². The van der Waals surface area contributed by atoms with Crippen molar-refractivity contribution in [1.82, 2.24) is 10.2 Å². The number of rotatable bonds is 1. The SMILES string of the molecule is O=CCC#Cc1cc(=O)[nH][nH]c1=O. The molecule has 0 spiro atoms. The van der Waals surface area contributed by atoms with Gasteiger partial charge in [0, 0.05) is 6.07 Å². The van der Waals surface area contributed by atoms with Gasteiger partial charge in [-0.3, -0.25) is 19.8 Å². The smallest absolute Gasteiger partial charge is 0.278 e. The predicted octanol–water partition coefficient (Wildman–Crippen LogP) is -0.996. The first kappa shape index (κ1) is 9.00. The molecule has 0 aliphatic rings. The van der Waals surface area contributed by atoms with Crippen LogP contribution in [0.25, 0.3) is 0 Å². The largest absolute Gasteiger partial charge is 0.302 e. The summed E-state index contributed by atoms with van der Waals surface area (Å²) in [6.07, 6.45) is 0.667. The van der Waals surface area contributed by atoms with Crippen LogP contribution in [0.5, 0.6) is 0 Å². The van der Waals surface area contributed by atoms with E-state index in [9.17, 15) is 14.4 Å². The Morgan fingerprint density at radius 2 is 2.15 bits per heavy atom. The van der Waals surface area contributed by atoms with E-state index in [0.717, 1.165) is 6.07 Å². The van der Waals surface area contributed by atoms with Crippen LogP contribution in [0, 0.1) is 11.8 Å². The highest BCUT2D eigenvalue weighted by Crippen LogP contribution is 1.78. The number of H-pyrrole nitrogens is 2. The van der Waals surface area contributed by atoms with Crippen molar-refractivity contribution in [3.63, 3.8) is 0 Å². The Labute approximate surface area is 72.8 Å². The summed E-state index contributed by atoms with van der Waals surface area (Å²) in [5, 5.41) is 4.21. The second-order valence-electron chi connectivity index (χ2n) is 2.17. The van der Waals surface area contributed by atoms with Gasteiger partial charge in [-0.05, 0) is 0 Å². The summed E-state index contributed by atoms with van der Waals surface area (Å²) in [7, 11) is 0. The lowest BCUT2D eigenvalue weighted by Gasteiger charge is -1.85. The molecule has 2 N–H and O–H groups in total. The maximum Gasteiger partial charge on any atom is 0.278 e. The Kier molecular flexibility index (Phi) is 2.82. The molecule has 0 aliphatic carbocycles. The van der Waals surface area contributed by atoms with E-state index in [-0.39, 0.29) is 12.0 Å². The third-order valence-corrected chi connectivity index (χ3v) is 1.23. The molecule has 1 aromatic rings. The molecule has 0 fully saturated rings. The van der Waals surface area contributed by atoms with Gasteiger partial charge in [0.05, 0.1) is 12.0 Å². The zero-order valence-electron chi connectivity index (χ0n) is 6.59. The molecular formula is C8H6N2O3. The van der Waals surface area contributed by atoms with E-state index < -0.39 is 11.1 Å². The lowest BCUT2D eigenvalue weighted by molar-refractivity contribution is -0.107. The number of carbonyl (C=O) groups excluding carboxylic acids is 1. The second kappa shape index (κ2) is 4.07. The van der Waals surface area contributed by atoms with Crippen molar-refractivity contribution in [1.29, 1.82) is 0 Å². The molecule has 13 heavy (non-hydrogen) atoms. The third kappa shape index (κ3) is 2.45. The fourth-order valence-corrected chi connectivity index (χ4v) is 0.699. The van der Waals surface area contributed by atoms with Crippen molar-refractivity contribution in [3.05, 3.63) is 32.3 Å². The van der Waals surface area contributed by atoms with Gasteiger partial charge < -0.3 is 4.79 Å². The zero-order chi connectivity index (χ0) is 9.68. The summed E-state index contributed by atoms with van der Waals surface area (Å²) >= 11 is 0. The number of nitrogens with one attached hydrogen (secondary N) is 2. The van der Waals surface area contributed by atoms with Gasteiger partial charge >= 0.3 is 0 Å². The highest BCUT2D eigenvalue weighted by atomic mass is 16.1. The van der Waals surface area contributed by atoms with Crippen LogP contribution in [-0.4, -0.2) is 16.5 Å². The zero-order valence-corrected chi connectivity index (χ0v) is 6.59. The van der Waals surface area contributed by atoms with Crippen molar-refractivity contribution in [2.45, 2.75) is 6.42 Å². The standard InChI is InChI=1S/C8H6N2O3/c11-4-2-1-3-6-5-7(12)9-10-8(6)13/h4-5H,2H2,(H,9,12)(H,10,13). The molecule has 5 nitrogen and oxygen atoms in total. The van der Waals surface area contributed by atoms with Crippen LogP contribution in [0.2, 0.25) is 0 Å². The Balaban J connectivity index is 3.09. The minimum Gasteiger partial charge on any atom is -0.302 e. The van der Waals surface area contributed by atoms with Crippen molar-refractivity contribution in [2.24, 2.45) is 0 Å². The van der Waals surface area contributed by atoms with E-state index in [2.05, 4.69) is 22.0 Å². The summed E-state index contributed by atoms with van der Waals surface area (Å²) < 4.78 is 0. The summed E-state index contributed by atoms with van der Waals surface area (Å²) in [6, 6.07) is 1.08. The number of aromatic nitrogens is 2. The van der Waals surface area contributed by atoms with Gasteiger partial charge in [0.1, 0.15) is 6.29 Å². The van der Waals surface area contributed by atoms with Crippen LogP contribution in [0.4, 0.5) is 0 Å². The fourth-order valence-electron chi connectivity index (χ4n) is 0.699. The molecule has 0 radical (unpaired) electrons. The Morgan fingerprint density at radius 3 is 2.85 bits per heavy atom. The van der Waals surface area contributed by atoms with Crippen LogP contribution in [0.15, 0.2) is 15.7 Å². The molecule has 1 rings (SSSR count). The molecule has 0 aliphatic heterocycles. The maximum atomic E-state index is 10.9. The lowest BCUT2D eigenvalue weighted by Crippen LogP contribution is -2.20. The number of hydrogen-bond acceptors (Lipinski definition) is 3. The molecule has 0 atom stereocenters. The quantitative estimate of drug-likeness (QED) is 0.427. The molecule has 0 amide bonds. The van der Waals surface area contributed by atoms with E-state index in [0.29, 0.717) is 6.29 Å². The first-order valence-corrected chi connectivity index (χ1v) is 3.48. The molecule has 0 bridgehead atoms. The fraction of sp³-hybridized carbons (Fsp3) is 0.125. The molecule has 0 unspecified atom stereocenters. The van der Waals surface area contributed by atoms with Crippen molar-refractivity contribution in [3.8, 4) is 11.8 Å². The van der Waals surface area contributed by atoms with Crippen molar-refractivity contribution < 1.29 is 4.79 Å². The molecule has 1 aromatic heterocycles. The van der Waals surface area contributed by atoms with Gasteiger partial charge in [-0.25, -0.2) is 0 Å². The highest BCUT2D eigenvalue weighted by molar-refractivity contribution is 5.54. The van der Waals surface area contributed by atoms with Gasteiger partial charge in [0.25, 0.3) is 11.1 Å². The molecule has 0 saturated carbocycles. The van der Waals surface area contributed by atoms with Crippen LogP contribution in [0.1, 0.15) is 12.0 Å². The molecular weight excluding hydrogens is 172 g/mol. The van der Waals surface area contributed by atoms with Gasteiger partial charge in [-0.2, -0.15) is 0 Å². The third-order valence-electron chi connectivity index (χ3n) is 1.23. The summed E-state index contributed by atoms with van der Waals surface area (Å²) in [5.74, 6) is 4.84. The summed E-state index contributed by atoms with van der Waals surface area (Å²) in [5.41, 5.74) is -0.849. The van der Waals surface area contributed by atoms with E-state index >= 15 is 0 Å². The molecule has 1 heterocycles. The summed E-state index contributed by atoms with van der Waals surface area (Å²) in [4.78, 5) is 31.6. The number of hydrogen-bond donors (Lipinski definition) is 2. The monoisotopic (exact) mass is 178 g/mol. The first-order chi connectivity index (χ1) is 6.24. The van der Waals surface area contributed by atoms with Gasteiger partial charge in [-0.1, -0.05) is 11.8 Å². The van der Waals surface area contributed by atoms with Crippen LogP contribution < -0.4 is 11.1 Å². The maximum absolute atomic E-state index is 10.9. The van der Waals surface area contributed by atoms with E-state index in [1.165, 1.54) is 0 Å². The molecule has 66 valence electrons. The predicted molar refractivity (Wildman–Crippen MR) is 45.2 cm³/mol. The van der Waals surface area contributed by atoms with E-state index in [4.69, 9.17) is 0 Å². The normalized spacial score (nSPS) is 8.62. The molecule has 0 saturated heterocycles. The Morgan fingerprint density at radius 1 is 1.38 bits per heavy atom. The minimum absolute atomic E-state index is 0.0479.